The first kappa shape index (κ1) is 17.3. The van der Waals surface area contributed by atoms with Gasteiger partial charge in [-0.1, -0.05) is 17.7 Å². The van der Waals surface area contributed by atoms with Crippen molar-refractivity contribution in [2.45, 2.75) is 31.7 Å². The predicted molar refractivity (Wildman–Crippen MR) is 103 cm³/mol. The Hall–Kier alpha value is -2.11. The number of hydrogen-bond acceptors (Lipinski definition) is 4. The van der Waals surface area contributed by atoms with Crippen LogP contribution >= 0.6 is 22.9 Å². The Kier molecular flexibility index (Phi) is 5.09. The van der Waals surface area contributed by atoms with Crippen molar-refractivity contribution in [3.63, 3.8) is 0 Å². The molecule has 1 aliphatic heterocycles. The molecule has 6 heteroatoms. The fraction of sp³-hybridized carbons (Fsp3) is 0.300. The van der Waals surface area contributed by atoms with Crippen molar-refractivity contribution in [2.24, 2.45) is 0 Å². The minimum Gasteiger partial charge on any atom is -0.441 e. The summed E-state index contributed by atoms with van der Waals surface area (Å²) in [7, 11) is 0. The Balaban J connectivity index is 1.38. The summed E-state index contributed by atoms with van der Waals surface area (Å²) in [5.74, 6) is 1.46. The van der Waals surface area contributed by atoms with Crippen molar-refractivity contribution in [1.29, 1.82) is 0 Å². The molecule has 4 nitrogen and oxygen atoms in total. The van der Waals surface area contributed by atoms with Gasteiger partial charge in [-0.05, 0) is 48.6 Å². The van der Waals surface area contributed by atoms with Gasteiger partial charge >= 0.3 is 0 Å². The minimum atomic E-state index is 0.173. The van der Waals surface area contributed by atoms with Crippen molar-refractivity contribution in [3.8, 4) is 11.3 Å². The number of carbonyl (C=O) groups is 1. The molecular formula is C20H19ClN2O2S. The number of oxazole rings is 1. The number of benzene rings is 1. The van der Waals surface area contributed by atoms with E-state index in [1.54, 1.807) is 17.5 Å². The standard InChI is InChI=1S/C20H19ClN2O2S/c21-15-7-5-14(6-8-15)17-13-22-19(25-17)9-10-20(24)23-11-1-3-16(23)18-4-2-12-26-18/h2,4-8,12-13,16H,1,3,9-11H2. The highest BCUT2D eigenvalue weighted by Gasteiger charge is 2.30. The molecule has 1 aromatic carbocycles. The first-order chi connectivity index (χ1) is 12.7. The van der Waals surface area contributed by atoms with E-state index in [-0.39, 0.29) is 11.9 Å². The van der Waals surface area contributed by atoms with Crippen LogP contribution in [0.1, 0.15) is 36.1 Å². The summed E-state index contributed by atoms with van der Waals surface area (Å²) in [6, 6.07) is 11.8. The molecule has 1 saturated heterocycles. The van der Waals surface area contributed by atoms with Gasteiger partial charge in [0.2, 0.25) is 5.91 Å². The molecule has 0 bridgehead atoms. The van der Waals surface area contributed by atoms with E-state index >= 15 is 0 Å². The summed E-state index contributed by atoms with van der Waals surface area (Å²) in [5, 5.41) is 2.76. The number of amides is 1. The molecule has 1 aliphatic rings. The van der Waals surface area contributed by atoms with E-state index in [2.05, 4.69) is 16.4 Å². The second kappa shape index (κ2) is 7.64. The first-order valence-corrected chi connectivity index (χ1v) is 10.00. The number of thiophene rings is 1. The molecular weight excluding hydrogens is 368 g/mol. The zero-order valence-corrected chi connectivity index (χ0v) is 15.8. The van der Waals surface area contributed by atoms with Crippen LogP contribution in [0.5, 0.6) is 0 Å². The first-order valence-electron chi connectivity index (χ1n) is 8.74. The molecule has 0 N–H and O–H groups in total. The van der Waals surface area contributed by atoms with Crippen LogP contribution in [0.3, 0.4) is 0 Å². The average Bonchev–Trinajstić information content (AvgIpc) is 3.40. The fourth-order valence-corrected chi connectivity index (χ4v) is 4.37. The zero-order chi connectivity index (χ0) is 17.9. The minimum absolute atomic E-state index is 0.173. The largest absolute Gasteiger partial charge is 0.441 e. The number of halogens is 1. The Morgan fingerprint density at radius 1 is 1.31 bits per heavy atom. The molecule has 0 aliphatic carbocycles. The van der Waals surface area contributed by atoms with Gasteiger partial charge in [0.15, 0.2) is 11.7 Å². The Morgan fingerprint density at radius 2 is 2.15 bits per heavy atom. The van der Waals surface area contributed by atoms with Gasteiger partial charge < -0.3 is 9.32 Å². The zero-order valence-electron chi connectivity index (χ0n) is 14.2. The lowest BCUT2D eigenvalue weighted by atomic mass is 10.1. The Labute approximate surface area is 161 Å². The molecule has 26 heavy (non-hydrogen) atoms. The van der Waals surface area contributed by atoms with Crippen molar-refractivity contribution in [3.05, 3.63) is 63.8 Å². The van der Waals surface area contributed by atoms with Crippen LogP contribution < -0.4 is 0 Å². The van der Waals surface area contributed by atoms with Gasteiger partial charge in [-0.3, -0.25) is 4.79 Å². The summed E-state index contributed by atoms with van der Waals surface area (Å²) in [6.45, 7) is 0.836. The maximum absolute atomic E-state index is 12.7. The van der Waals surface area contributed by atoms with Crippen LogP contribution in [-0.4, -0.2) is 22.3 Å². The van der Waals surface area contributed by atoms with E-state index in [1.165, 1.54) is 4.88 Å². The molecule has 1 atom stereocenters. The molecule has 4 rings (SSSR count). The molecule has 1 fully saturated rings. The summed E-state index contributed by atoms with van der Waals surface area (Å²) < 4.78 is 5.80. The topological polar surface area (TPSA) is 46.3 Å². The van der Waals surface area contributed by atoms with E-state index < -0.39 is 0 Å². The molecule has 1 amide bonds. The third-order valence-electron chi connectivity index (χ3n) is 4.68. The lowest BCUT2D eigenvalue weighted by molar-refractivity contribution is -0.132. The number of aromatic nitrogens is 1. The molecule has 2 aromatic heterocycles. The summed E-state index contributed by atoms with van der Waals surface area (Å²) in [5.41, 5.74) is 0.928. The molecule has 0 saturated carbocycles. The highest BCUT2D eigenvalue weighted by atomic mass is 35.5. The molecule has 134 valence electrons. The highest BCUT2D eigenvalue weighted by Crippen LogP contribution is 2.35. The fourth-order valence-electron chi connectivity index (χ4n) is 3.37. The number of nitrogens with zero attached hydrogens (tertiary/aromatic N) is 2. The molecule has 3 heterocycles. The molecule has 0 spiro atoms. The van der Waals surface area contributed by atoms with Crippen molar-refractivity contribution in [2.75, 3.05) is 6.54 Å². The summed E-state index contributed by atoms with van der Waals surface area (Å²) in [6.07, 6.45) is 4.75. The van der Waals surface area contributed by atoms with E-state index in [9.17, 15) is 4.79 Å². The van der Waals surface area contributed by atoms with E-state index in [0.717, 1.165) is 24.9 Å². The van der Waals surface area contributed by atoms with Gasteiger partial charge in [-0.2, -0.15) is 0 Å². The lowest BCUT2D eigenvalue weighted by Gasteiger charge is -2.23. The molecule has 1 unspecified atom stereocenters. The Bertz CT molecular complexity index is 874. The van der Waals surface area contributed by atoms with Crippen LogP contribution in [-0.2, 0) is 11.2 Å². The van der Waals surface area contributed by atoms with E-state index in [4.69, 9.17) is 16.0 Å². The van der Waals surface area contributed by atoms with Gasteiger partial charge in [-0.25, -0.2) is 4.98 Å². The van der Waals surface area contributed by atoms with Gasteiger partial charge in [0, 0.05) is 34.8 Å². The number of aryl methyl sites for hydroxylation is 1. The second-order valence-electron chi connectivity index (χ2n) is 6.39. The van der Waals surface area contributed by atoms with E-state index in [1.807, 2.05) is 35.2 Å². The molecule has 0 radical (unpaired) electrons. The van der Waals surface area contributed by atoms with Gasteiger partial charge in [0.25, 0.3) is 0 Å². The maximum atomic E-state index is 12.7. The molecule has 3 aromatic rings. The van der Waals surface area contributed by atoms with Gasteiger partial charge in [-0.15, -0.1) is 11.3 Å². The van der Waals surface area contributed by atoms with Gasteiger partial charge in [0.05, 0.1) is 12.2 Å². The number of hydrogen-bond donors (Lipinski definition) is 0. The van der Waals surface area contributed by atoms with Crippen molar-refractivity contribution < 1.29 is 9.21 Å². The number of likely N-dealkylation sites (tertiary alicyclic amines) is 1. The summed E-state index contributed by atoms with van der Waals surface area (Å²) >= 11 is 7.64. The van der Waals surface area contributed by atoms with Crippen molar-refractivity contribution in [1.82, 2.24) is 9.88 Å². The average molecular weight is 387 g/mol. The third-order valence-corrected chi connectivity index (χ3v) is 5.91. The van der Waals surface area contributed by atoms with Crippen LogP contribution in [0.15, 0.2) is 52.4 Å². The third kappa shape index (κ3) is 3.69. The summed E-state index contributed by atoms with van der Waals surface area (Å²) in [4.78, 5) is 20.3. The van der Waals surface area contributed by atoms with Crippen LogP contribution in [0, 0.1) is 0 Å². The number of carbonyl (C=O) groups excluding carboxylic acids is 1. The quantitative estimate of drug-likeness (QED) is 0.593. The van der Waals surface area contributed by atoms with Crippen LogP contribution in [0.25, 0.3) is 11.3 Å². The normalized spacial score (nSPS) is 17.0. The lowest BCUT2D eigenvalue weighted by Crippen LogP contribution is -2.30. The van der Waals surface area contributed by atoms with Crippen molar-refractivity contribution >= 4 is 28.8 Å². The SMILES string of the molecule is O=C(CCc1ncc(-c2ccc(Cl)cc2)o1)N1CCCC1c1cccs1. The maximum Gasteiger partial charge on any atom is 0.223 e. The van der Waals surface area contributed by atoms with Gasteiger partial charge in [0.1, 0.15) is 0 Å². The number of rotatable bonds is 5. The van der Waals surface area contributed by atoms with Crippen LogP contribution in [0.2, 0.25) is 5.02 Å². The smallest absolute Gasteiger partial charge is 0.223 e. The van der Waals surface area contributed by atoms with E-state index in [0.29, 0.717) is 29.5 Å². The predicted octanol–water partition coefficient (Wildman–Crippen LogP) is 5.35. The van der Waals surface area contributed by atoms with Crippen LogP contribution in [0.4, 0.5) is 0 Å². The Morgan fingerprint density at radius 3 is 2.92 bits per heavy atom. The second-order valence-corrected chi connectivity index (χ2v) is 7.80. The highest BCUT2D eigenvalue weighted by molar-refractivity contribution is 7.10. The monoisotopic (exact) mass is 386 g/mol.